The fraction of sp³-hybridized carbons (Fsp3) is 1.00. The van der Waals surface area contributed by atoms with Crippen LogP contribution in [-0.2, 0) is 0 Å². The van der Waals surface area contributed by atoms with Gasteiger partial charge in [0, 0.05) is 0 Å². The average Bonchev–Trinajstić information content (AvgIpc) is 2.93. The summed E-state index contributed by atoms with van der Waals surface area (Å²) in [7, 11) is 0. The van der Waals surface area contributed by atoms with Crippen LogP contribution in [0.1, 0.15) is 91.9 Å². The molecule has 0 heterocycles. The van der Waals surface area contributed by atoms with Crippen LogP contribution >= 0.6 is 22.6 Å². The van der Waals surface area contributed by atoms with Crippen molar-refractivity contribution in [3.8, 4) is 0 Å². The van der Waals surface area contributed by atoms with E-state index in [4.69, 9.17) is 0 Å². The molecule has 144 valence electrons. The summed E-state index contributed by atoms with van der Waals surface area (Å²) in [5.74, 6) is 7.21. The minimum absolute atomic E-state index is 0.678. The molecule has 0 spiro atoms. The van der Waals surface area contributed by atoms with E-state index >= 15 is 0 Å². The lowest BCUT2D eigenvalue weighted by Crippen LogP contribution is -2.53. The van der Waals surface area contributed by atoms with Crippen LogP contribution in [0.15, 0.2) is 0 Å². The van der Waals surface area contributed by atoms with Gasteiger partial charge in [0.25, 0.3) is 0 Å². The molecule has 0 bridgehead atoms. The zero-order valence-corrected chi connectivity index (χ0v) is 19.4. The normalized spacial score (nSPS) is 53.6. The van der Waals surface area contributed by atoms with Crippen molar-refractivity contribution in [2.24, 2.45) is 52.3 Å². The van der Waals surface area contributed by atoms with Crippen LogP contribution in [0.4, 0.5) is 0 Å². The molecule has 4 aliphatic rings. The molecule has 0 saturated heterocycles. The van der Waals surface area contributed by atoms with Crippen molar-refractivity contribution in [2.45, 2.75) is 91.9 Å². The Morgan fingerprint density at radius 3 is 2.40 bits per heavy atom. The van der Waals surface area contributed by atoms with E-state index in [9.17, 15) is 0 Å². The Hall–Kier alpha value is 0.730. The van der Waals surface area contributed by atoms with E-state index in [1.165, 1.54) is 30.1 Å². The minimum Gasteiger partial charge on any atom is -0.0864 e. The largest absolute Gasteiger partial charge is 0.0864 e. The summed E-state index contributed by atoms with van der Waals surface area (Å²) in [4.78, 5) is 0. The Kier molecular flexibility index (Phi) is 5.31. The summed E-state index contributed by atoms with van der Waals surface area (Å²) in [6.07, 6.45) is 15.4. The zero-order chi connectivity index (χ0) is 17.8. The van der Waals surface area contributed by atoms with Crippen LogP contribution in [0.3, 0.4) is 0 Å². The maximum absolute atomic E-state index is 2.73. The van der Waals surface area contributed by atoms with Gasteiger partial charge in [0.05, 0.1) is 0 Å². The first kappa shape index (κ1) is 19.1. The summed E-state index contributed by atoms with van der Waals surface area (Å²) >= 11 is 2.60. The molecule has 0 aromatic heterocycles. The van der Waals surface area contributed by atoms with Gasteiger partial charge < -0.3 is 0 Å². The van der Waals surface area contributed by atoms with Crippen LogP contribution in [0.25, 0.3) is 0 Å². The maximum atomic E-state index is 2.73. The fourth-order valence-corrected chi connectivity index (χ4v) is 9.80. The van der Waals surface area contributed by atoms with Crippen molar-refractivity contribution in [2.75, 3.05) is 4.43 Å². The summed E-state index contributed by atoms with van der Waals surface area (Å²) in [6, 6.07) is 0. The van der Waals surface area contributed by atoms with Crippen molar-refractivity contribution >= 4 is 22.6 Å². The number of rotatable bonds is 3. The van der Waals surface area contributed by atoms with Gasteiger partial charge in [-0.2, -0.15) is 0 Å². The van der Waals surface area contributed by atoms with E-state index < -0.39 is 0 Å². The Labute approximate surface area is 170 Å². The van der Waals surface area contributed by atoms with E-state index in [1.54, 1.807) is 38.5 Å². The number of hydrogen-bond acceptors (Lipinski definition) is 0. The molecule has 4 aliphatic carbocycles. The molecule has 1 heteroatoms. The van der Waals surface area contributed by atoms with Gasteiger partial charge in [0.1, 0.15) is 0 Å². The summed E-state index contributed by atoms with van der Waals surface area (Å²) in [6.45, 7) is 10.5. The molecule has 0 amide bonds. The van der Waals surface area contributed by atoms with Crippen molar-refractivity contribution < 1.29 is 0 Å². The van der Waals surface area contributed by atoms with Crippen LogP contribution in [0.2, 0.25) is 0 Å². The van der Waals surface area contributed by atoms with Crippen molar-refractivity contribution in [1.82, 2.24) is 0 Å². The highest BCUT2D eigenvalue weighted by molar-refractivity contribution is 14.1. The fourth-order valence-electron chi connectivity index (χ4n) is 8.82. The van der Waals surface area contributed by atoms with E-state index in [2.05, 4.69) is 50.3 Å². The van der Waals surface area contributed by atoms with Gasteiger partial charge in [0.2, 0.25) is 0 Å². The lowest BCUT2D eigenvalue weighted by atomic mass is 9.44. The van der Waals surface area contributed by atoms with E-state index in [-0.39, 0.29) is 0 Å². The maximum Gasteiger partial charge on any atom is -0.000209 e. The highest BCUT2D eigenvalue weighted by atomic mass is 127. The van der Waals surface area contributed by atoms with Crippen LogP contribution < -0.4 is 0 Å². The van der Waals surface area contributed by atoms with Crippen LogP contribution in [0.5, 0.6) is 0 Å². The molecule has 4 rings (SSSR count). The van der Waals surface area contributed by atoms with Crippen LogP contribution in [0, 0.1) is 52.3 Å². The Bertz CT molecular complexity index is 486. The van der Waals surface area contributed by atoms with Gasteiger partial charge in [-0.1, -0.05) is 56.7 Å². The van der Waals surface area contributed by atoms with E-state index in [0.717, 1.165) is 41.4 Å². The van der Waals surface area contributed by atoms with Gasteiger partial charge in [0.15, 0.2) is 0 Å². The SMILES string of the molecule is C[C@@H]1CC[C@@]2(C)C(CCC3C2CC[C@@]2(C)C3CCC2[C@H](C)CCI)C1. The van der Waals surface area contributed by atoms with Gasteiger partial charge in [-0.25, -0.2) is 0 Å². The Morgan fingerprint density at radius 1 is 0.920 bits per heavy atom. The predicted molar refractivity (Wildman–Crippen MR) is 117 cm³/mol. The molecule has 0 aromatic carbocycles. The van der Waals surface area contributed by atoms with Gasteiger partial charge in [-0.05, 0) is 114 Å². The number of hydrogen-bond donors (Lipinski definition) is 0. The molecule has 4 fully saturated rings. The summed E-state index contributed by atoms with van der Waals surface area (Å²) in [5, 5.41) is 0. The Morgan fingerprint density at radius 2 is 1.64 bits per heavy atom. The highest BCUT2D eigenvalue weighted by Gasteiger charge is 2.60. The number of fused-ring (bicyclic) bond motifs is 5. The summed E-state index contributed by atoms with van der Waals surface area (Å²) < 4.78 is 1.35. The van der Waals surface area contributed by atoms with Gasteiger partial charge >= 0.3 is 0 Å². The molecule has 9 atom stereocenters. The molecule has 5 unspecified atom stereocenters. The van der Waals surface area contributed by atoms with Gasteiger partial charge in [-0.15, -0.1) is 0 Å². The number of alkyl halides is 1. The second kappa shape index (κ2) is 6.96. The third-order valence-electron chi connectivity index (χ3n) is 10.3. The first-order valence-corrected chi connectivity index (χ1v) is 13.0. The standard InChI is InChI=1S/C24H41I/c1-16-9-12-23(3)18(15-16)5-6-19-21-8-7-20(17(2)11-14-25)24(21,4)13-10-22(19)23/h16-22H,5-15H2,1-4H3/t16-,17-,18?,19?,20?,21?,22?,23+,24-/m1/s1. The smallest absolute Gasteiger partial charge is 0.000209 e. The van der Waals surface area contributed by atoms with Crippen LogP contribution in [-0.4, -0.2) is 4.43 Å². The zero-order valence-electron chi connectivity index (χ0n) is 17.2. The molecule has 0 aliphatic heterocycles. The van der Waals surface area contributed by atoms with Crippen molar-refractivity contribution in [1.29, 1.82) is 0 Å². The van der Waals surface area contributed by atoms with Crippen molar-refractivity contribution in [3.63, 3.8) is 0 Å². The first-order chi connectivity index (χ1) is 11.9. The van der Waals surface area contributed by atoms with Gasteiger partial charge in [-0.3, -0.25) is 0 Å². The second-order valence-corrected chi connectivity index (χ2v) is 12.3. The monoisotopic (exact) mass is 456 g/mol. The summed E-state index contributed by atoms with van der Waals surface area (Å²) in [5.41, 5.74) is 1.38. The minimum atomic E-state index is 0.678. The third kappa shape index (κ3) is 2.96. The lowest BCUT2D eigenvalue weighted by molar-refractivity contribution is -0.120. The molecular weight excluding hydrogens is 415 g/mol. The highest BCUT2D eigenvalue weighted by Crippen LogP contribution is 2.68. The number of halogens is 1. The molecule has 0 aromatic rings. The molecule has 25 heavy (non-hydrogen) atoms. The van der Waals surface area contributed by atoms with E-state index in [1.807, 2.05) is 0 Å². The van der Waals surface area contributed by atoms with Crippen molar-refractivity contribution in [3.05, 3.63) is 0 Å². The quantitative estimate of drug-likeness (QED) is 0.301. The third-order valence-corrected chi connectivity index (χ3v) is 10.9. The first-order valence-electron chi connectivity index (χ1n) is 11.5. The average molecular weight is 456 g/mol. The molecule has 0 N–H and O–H groups in total. The lowest BCUT2D eigenvalue weighted by Gasteiger charge is -2.61. The predicted octanol–water partition coefficient (Wildman–Crippen LogP) is 7.74. The molecule has 0 radical (unpaired) electrons. The molecular formula is C24H41I. The second-order valence-electron chi connectivity index (χ2n) is 11.2. The topological polar surface area (TPSA) is 0 Å². The van der Waals surface area contributed by atoms with E-state index in [0.29, 0.717) is 10.8 Å². The molecule has 0 nitrogen and oxygen atoms in total. The Balaban J connectivity index is 1.56. The molecule has 4 saturated carbocycles.